The van der Waals surface area contributed by atoms with Gasteiger partial charge in [0.25, 0.3) is 0 Å². The molecule has 0 bridgehead atoms. The molecule has 1 amide bonds. The molecule has 0 saturated carbocycles. The van der Waals surface area contributed by atoms with E-state index in [0.717, 1.165) is 31.5 Å². The monoisotopic (exact) mass is 325 g/mol. The number of hydrogen-bond acceptors (Lipinski definition) is 4. The summed E-state index contributed by atoms with van der Waals surface area (Å²) in [6.45, 7) is 4.44. The van der Waals surface area contributed by atoms with Crippen molar-refractivity contribution < 1.29 is 13.2 Å². The second kappa shape index (κ2) is 7.21. The molecule has 122 valence electrons. The summed E-state index contributed by atoms with van der Waals surface area (Å²) in [6, 6.07) is 6.32. The summed E-state index contributed by atoms with van der Waals surface area (Å²) in [5.41, 5.74) is 0.960. The number of benzene rings is 1. The normalized spacial score (nSPS) is 17.4. The van der Waals surface area contributed by atoms with Crippen LogP contribution >= 0.6 is 0 Å². The third-order valence-electron chi connectivity index (χ3n) is 4.03. The maximum Gasteiger partial charge on any atom is 0.238 e. The Labute approximate surface area is 131 Å². The van der Waals surface area contributed by atoms with E-state index in [4.69, 9.17) is 5.14 Å². The maximum atomic E-state index is 12.1. The van der Waals surface area contributed by atoms with Gasteiger partial charge in [0, 0.05) is 6.54 Å². The molecule has 0 aliphatic carbocycles. The van der Waals surface area contributed by atoms with E-state index in [1.54, 1.807) is 12.1 Å². The standard InChI is InChI=1S/C15H23N3O3S/c1-12(18-10-2-3-11-18)15(19)17-9-8-13-4-6-14(7-5-13)22(16,20)21/h4-7,12H,2-3,8-11H2,1H3,(H,17,19)(H2,16,20,21)/t12-/m1/s1. The molecule has 1 aliphatic heterocycles. The van der Waals surface area contributed by atoms with Gasteiger partial charge in [0.2, 0.25) is 15.9 Å². The Kier molecular flexibility index (Phi) is 5.55. The van der Waals surface area contributed by atoms with Crippen LogP contribution in [0.1, 0.15) is 25.3 Å². The molecule has 3 N–H and O–H groups in total. The number of nitrogens with two attached hydrogens (primary N) is 1. The molecule has 1 fully saturated rings. The highest BCUT2D eigenvalue weighted by molar-refractivity contribution is 7.89. The van der Waals surface area contributed by atoms with Crippen LogP contribution in [0.3, 0.4) is 0 Å². The summed E-state index contributed by atoms with van der Waals surface area (Å²) in [5.74, 6) is 0.0445. The largest absolute Gasteiger partial charge is 0.354 e. The number of likely N-dealkylation sites (tertiary alicyclic amines) is 1. The van der Waals surface area contributed by atoms with Crippen LogP contribution in [0.5, 0.6) is 0 Å². The molecule has 1 aliphatic rings. The van der Waals surface area contributed by atoms with Gasteiger partial charge in [-0.1, -0.05) is 12.1 Å². The zero-order valence-corrected chi connectivity index (χ0v) is 13.6. The minimum Gasteiger partial charge on any atom is -0.354 e. The number of amides is 1. The molecule has 1 heterocycles. The van der Waals surface area contributed by atoms with E-state index in [-0.39, 0.29) is 16.8 Å². The fourth-order valence-electron chi connectivity index (χ4n) is 2.62. The second-order valence-electron chi connectivity index (χ2n) is 5.65. The molecule has 2 rings (SSSR count). The summed E-state index contributed by atoms with van der Waals surface area (Å²) in [4.78, 5) is 14.3. The van der Waals surface area contributed by atoms with Gasteiger partial charge in [0.15, 0.2) is 0 Å². The number of sulfonamides is 1. The predicted octanol–water partition coefficient (Wildman–Crippen LogP) is 0.477. The van der Waals surface area contributed by atoms with Crippen LogP contribution < -0.4 is 10.5 Å². The highest BCUT2D eigenvalue weighted by atomic mass is 32.2. The molecular formula is C15H23N3O3S. The van der Waals surface area contributed by atoms with Crippen LogP contribution in [-0.2, 0) is 21.2 Å². The number of rotatable bonds is 6. The number of hydrogen-bond donors (Lipinski definition) is 2. The molecule has 1 aromatic rings. The van der Waals surface area contributed by atoms with E-state index in [9.17, 15) is 13.2 Å². The molecule has 1 aromatic carbocycles. The molecular weight excluding hydrogens is 302 g/mol. The van der Waals surface area contributed by atoms with Crippen molar-refractivity contribution in [2.45, 2.75) is 37.1 Å². The molecule has 1 atom stereocenters. The number of carbonyl (C=O) groups is 1. The first kappa shape index (κ1) is 16.9. The Morgan fingerprint density at radius 3 is 2.41 bits per heavy atom. The fraction of sp³-hybridized carbons (Fsp3) is 0.533. The van der Waals surface area contributed by atoms with Gasteiger partial charge < -0.3 is 5.32 Å². The molecule has 6 nitrogen and oxygen atoms in total. The minimum atomic E-state index is -3.65. The Hall–Kier alpha value is -1.44. The van der Waals surface area contributed by atoms with Crippen molar-refractivity contribution in [3.05, 3.63) is 29.8 Å². The first-order valence-electron chi connectivity index (χ1n) is 7.51. The maximum absolute atomic E-state index is 12.1. The Bertz CT molecular complexity index is 607. The van der Waals surface area contributed by atoms with E-state index < -0.39 is 10.0 Å². The van der Waals surface area contributed by atoms with Crippen molar-refractivity contribution in [2.24, 2.45) is 5.14 Å². The summed E-state index contributed by atoms with van der Waals surface area (Å²) >= 11 is 0. The SMILES string of the molecule is C[C@H](C(=O)NCCc1ccc(S(N)(=O)=O)cc1)N1CCCC1. The predicted molar refractivity (Wildman–Crippen MR) is 84.8 cm³/mol. The first-order valence-corrected chi connectivity index (χ1v) is 9.06. The Morgan fingerprint density at radius 2 is 1.86 bits per heavy atom. The molecule has 0 radical (unpaired) electrons. The van der Waals surface area contributed by atoms with E-state index in [1.807, 2.05) is 6.92 Å². The zero-order valence-electron chi connectivity index (χ0n) is 12.8. The number of nitrogens with zero attached hydrogens (tertiary/aromatic N) is 1. The summed E-state index contributed by atoms with van der Waals surface area (Å²) in [5, 5.41) is 7.98. The Balaban J connectivity index is 1.79. The fourth-order valence-corrected chi connectivity index (χ4v) is 3.13. The van der Waals surface area contributed by atoms with Crippen molar-refractivity contribution in [3.8, 4) is 0 Å². The van der Waals surface area contributed by atoms with E-state index >= 15 is 0 Å². The van der Waals surface area contributed by atoms with E-state index in [0.29, 0.717) is 13.0 Å². The molecule has 1 saturated heterocycles. The van der Waals surface area contributed by atoms with Crippen molar-refractivity contribution in [1.82, 2.24) is 10.2 Å². The van der Waals surface area contributed by atoms with Gasteiger partial charge >= 0.3 is 0 Å². The lowest BCUT2D eigenvalue weighted by Gasteiger charge is -2.22. The molecule has 22 heavy (non-hydrogen) atoms. The average Bonchev–Trinajstić information content (AvgIpc) is 3.00. The summed E-state index contributed by atoms with van der Waals surface area (Å²) in [7, 11) is -3.65. The summed E-state index contributed by atoms with van der Waals surface area (Å²) in [6.07, 6.45) is 2.98. The molecule has 0 unspecified atom stereocenters. The van der Waals surface area contributed by atoms with Crippen molar-refractivity contribution in [3.63, 3.8) is 0 Å². The van der Waals surface area contributed by atoms with Gasteiger partial charge in [-0.3, -0.25) is 9.69 Å². The minimum absolute atomic E-state index is 0.0445. The lowest BCUT2D eigenvalue weighted by atomic mass is 10.1. The quantitative estimate of drug-likeness (QED) is 0.795. The van der Waals surface area contributed by atoms with Crippen LogP contribution in [0.2, 0.25) is 0 Å². The van der Waals surface area contributed by atoms with Crippen LogP contribution in [0.25, 0.3) is 0 Å². The molecule has 0 aromatic heterocycles. The van der Waals surface area contributed by atoms with Gasteiger partial charge in [-0.25, -0.2) is 13.6 Å². The van der Waals surface area contributed by atoms with E-state index in [2.05, 4.69) is 10.2 Å². The molecule has 0 spiro atoms. The number of primary sulfonamides is 1. The Morgan fingerprint density at radius 1 is 1.27 bits per heavy atom. The average molecular weight is 325 g/mol. The van der Waals surface area contributed by atoms with Gasteiger partial charge in [-0.2, -0.15) is 0 Å². The highest BCUT2D eigenvalue weighted by Gasteiger charge is 2.23. The van der Waals surface area contributed by atoms with Crippen LogP contribution in [0.15, 0.2) is 29.2 Å². The smallest absolute Gasteiger partial charge is 0.238 e. The van der Waals surface area contributed by atoms with Crippen molar-refractivity contribution >= 4 is 15.9 Å². The van der Waals surface area contributed by atoms with Crippen molar-refractivity contribution in [2.75, 3.05) is 19.6 Å². The number of nitrogens with one attached hydrogen (secondary N) is 1. The van der Waals surface area contributed by atoms with E-state index in [1.165, 1.54) is 12.1 Å². The lowest BCUT2D eigenvalue weighted by Crippen LogP contribution is -2.44. The second-order valence-corrected chi connectivity index (χ2v) is 7.21. The van der Waals surface area contributed by atoms with Gasteiger partial charge in [-0.05, 0) is 57.0 Å². The molecule has 7 heteroatoms. The first-order chi connectivity index (χ1) is 10.4. The number of carbonyl (C=O) groups excluding carboxylic acids is 1. The van der Waals surface area contributed by atoms with Crippen LogP contribution in [-0.4, -0.2) is 44.9 Å². The third kappa shape index (κ3) is 4.53. The third-order valence-corrected chi connectivity index (χ3v) is 4.96. The van der Waals surface area contributed by atoms with Gasteiger partial charge in [0.05, 0.1) is 10.9 Å². The lowest BCUT2D eigenvalue weighted by molar-refractivity contribution is -0.125. The van der Waals surface area contributed by atoms with Crippen LogP contribution in [0, 0.1) is 0 Å². The van der Waals surface area contributed by atoms with Crippen LogP contribution in [0.4, 0.5) is 0 Å². The van der Waals surface area contributed by atoms with Gasteiger partial charge in [-0.15, -0.1) is 0 Å². The highest BCUT2D eigenvalue weighted by Crippen LogP contribution is 2.12. The summed E-state index contributed by atoms with van der Waals surface area (Å²) < 4.78 is 22.3. The zero-order chi connectivity index (χ0) is 16.2. The topological polar surface area (TPSA) is 92.5 Å². The van der Waals surface area contributed by atoms with Crippen molar-refractivity contribution in [1.29, 1.82) is 0 Å². The van der Waals surface area contributed by atoms with Gasteiger partial charge in [0.1, 0.15) is 0 Å².